The second kappa shape index (κ2) is 4.69. The average Bonchev–Trinajstić information content (AvgIpc) is 1.84. The van der Waals surface area contributed by atoms with Crippen LogP contribution in [-0.4, -0.2) is 18.8 Å². The van der Waals surface area contributed by atoms with Gasteiger partial charge >= 0.3 is 0 Å². The van der Waals surface area contributed by atoms with Gasteiger partial charge in [-0.2, -0.15) is 0 Å². The third-order valence-corrected chi connectivity index (χ3v) is 1.09. The van der Waals surface area contributed by atoms with Crippen molar-refractivity contribution in [3.05, 3.63) is 6.61 Å². The molecule has 0 aromatic rings. The van der Waals surface area contributed by atoms with Crippen molar-refractivity contribution in [2.75, 3.05) is 13.2 Å². The molecule has 0 fully saturated rings. The maximum absolute atomic E-state index is 5.28. The maximum atomic E-state index is 5.28. The average molecular weight is 145 g/mol. The Kier molecular flexibility index (Phi) is 4.65. The molecule has 0 N–H and O–H groups in total. The highest BCUT2D eigenvalue weighted by atomic mass is 16.5. The molecule has 10 heavy (non-hydrogen) atoms. The third kappa shape index (κ3) is 4.77. The molecule has 0 unspecified atom stereocenters. The maximum Gasteiger partial charge on any atom is 0.0863 e. The van der Waals surface area contributed by atoms with E-state index in [9.17, 15) is 0 Å². The Bertz CT molecular complexity index is 79.3. The zero-order valence-electron chi connectivity index (χ0n) is 7.31. The van der Waals surface area contributed by atoms with Crippen LogP contribution in [0.4, 0.5) is 0 Å². The Morgan fingerprint density at radius 1 is 1.40 bits per heavy atom. The highest BCUT2D eigenvalue weighted by Gasteiger charge is 2.16. The van der Waals surface area contributed by atoms with Gasteiger partial charge in [-0.3, -0.25) is 0 Å². The molecule has 1 radical (unpaired) electrons. The second-order valence-corrected chi connectivity index (χ2v) is 2.75. The molecule has 0 atom stereocenters. The van der Waals surface area contributed by atoms with Gasteiger partial charge < -0.3 is 9.47 Å². The van der Waals surface area contributed by atoms with Gasteiger partial charge in [0.25, 0.3) is 0 Å². The first-order valence-corrected chi connectivity index (χ1v) is 3.66. The van der Waals surface area contributed by atoms with Crippen molar-refractivity contribution in [3.8, 4) is 0 Å². The van der Waals surface area contributed by atoms with Crippen LogP contribution in [-0.2, 0) is 9.47 Å². The zero-order chi connectivity index (χ0) is 8.04. The molecule has 2 heteroatoms. The smallest absolute Gasteiger partial charge is 0.0863 e. The number of rotatable bonds is 5. The highest BCUT2D eigenvalue weighted by molar-refractivity contribution is 4.68. The summed E-state index contributed by atoms with van der Waals surface area (Å²) in [6.07, 6.45) is 0. The van der Waals surface area contributed by atoms with E-state index in [-0.39, 0.29) is 5.60 Å². The van der Waals surface area contributed by atoms with Crippen LogP contribution in [0.1, 0.15) is 27.7 Å². The Hall–Kier alpha value is -0.0800. The number of hydrogen-bond donors (Lipinski definition) is 0. The molecule has 0 aliphatic heterocycles. The molecule has 2 nitrogen and oxygen atoms in total. The summed E-state index contributed by atoms with van der Waals surface area (Å²) in [7, 11) is 0. The summed E-state index contributed by atoms with van der Waals surface area (Å²) in [5.41, 5.74) is -0.176. The molecule has 0 aliphatic rings. The fourth-order valence-electron chi connectivity index (χ4n) is 0.701. The molecule has 0 rings (SSSR count). The molecule has 0 aromatic carbocycles. The van der Waals surface area contributed by atoms with Gasteiger partial charge in [0.1, 0.15) is 0 Å². The normalized spacial score (nSPS) is 12.0. The summed E-state index contributed by atoms with van der Waals surface area (Å²) in [6, 6.07) is 0. The fourth-order valence-corrected chi connectivity index (χ4v) is 0.701. The summed E-state index contributed by atoms with van der Waals surface area (Å²) >= 11 is 0. The van der Waals surface area contributed by atoms with E-state index >= 15 is 0 Å². The lowest BCUT2D eigenvalue weighted by Gasteiger charge is -2.23. The van der Waals surface area contributed by atoms with E-state index in [2.05, 4.69) is 0 Å². The van der Waals surface area contributed by atoms with E-state index in [0.717, 1.165) is 6.61 Å². The van der Waals surface area contributed by atoms with Gasteiger partial charge in [0.2, 0.25) is 0 Å². The summed E-state index contributed by atoms with van der Waals surface area (Å²) in [5, 5.41) is 0. The van der Waals surface area contributed by atoms with Crippen LogP contribution in [0.3, 0.4) is 0 Å². The molecular weight excluding hydrogens is 128 g/mol. The molecular formula is C8H17O2. The van der Waals surface area contributed by atoms with Crippen LogP contribution < -0.4 is 0 Å². The van der Waals surface area contributed by atoms with Crippen LogP contribution in [0, 0.1) is 6.61 Å². The molecule has 0 saturated carbocycles. The van der Waals surface area contributed by atoms with Crippen molar-refractivity contribution in [2.24, 2.45) is 0 Å². The topological polar surface area (TPSA) is 18.5 Å². The minimum absolute atomic E-state index is 0.176. The zero-order valence-corrected chi connectivity index (χ0v) is 7.31. The second-order valence-electron chi connectivity index (χ2n) is 2.75. The lowest BCUT2D eigenvalue weighted by atomic mass is 10.1. The van der Waals surface area contributed by atoms with Gasteiger partial charge in [-0.25, -0.2) is 0 Å². The van der Waals surface area contributed by atoms with Gasteiger partial charge in [-0.1, -0.05) is 0 Å². The first-order valence-electron chi connectivity index (χ1n) is 3.66. The van der Waals surface area contributed by atoms with Crippen LogP contribution in [0.5, 0.6) is 0 Å². The van der Waals surface area contributed by atoms with Crippen LogP contribution in [0.2, 0.25) is 0 Å². The summed E-state index contributed by atoms with van der Waals surface area (Å²) in [4.78, 5) is 0. The molecule has 0 amide bonds. The van der Waals surface area contributed by atoms with E-state index in [1.165, 1.54) is 0 Å². The van der Waals surface area contributed by atoms with Crippen molar-refractivity contribution < 1.29 is 9.47 Å². The van der Waals surface area contributed by atoms with Crippen molar-refractivity contribution >= 4 is 0 Å². The van der Waals surface area contributed by atoms with Crippen molar-refractivity contribution in [2.45, 2.75) is 33.3 Å². The van der Waals surface area contributed by atoms with Crippen molar-refractivity contribution in [1.82, 2.24) is 0 Å². The lowest BCUT2D eigenvalue weighted by Crippen LogP contribution is -2.29. The monoisotopic (exact) mass is 145 g/mol. The quantitative estimate of drug-likeness (QED) is 0.589. The molecule has 0 aromatic heterocycles. The minimum atomic E-state index is -0.176. The van der Waals surface area contributed by atoms with Crippen LogP contribution in [0.15, 0.2) is 0 Å². The van der Waals surface area contributed by atoms with Gasteiger partial charge in [0.15, 0.2) is 0 Å². The van der Waals surface area contributed by atoms with E-state index in [4.69, 9.17) is 9.47 Å². The molecule has 0 heterocycles. The SMILES string of the molecule is C[CH]OC(C)(C)COCC. The third-order valence-electron chi connectivity index (χ3n) is 1.09. The predicted octanol–water partition coefficient (Wildman–Crippen LogP) is 2.00. The lowest BCUT2D eigenvalue weighted by molar-refractivity contribution is -0.0437. The van der Waals surface area contributed by atoms with E-state index in [1.807, 2.05) is 27.7 Å². The van der Waals surface area contributed by atoms with Crippen molar-refractivity contribution in [3.63, 3.8) is 0 Å². The van der Waals surface area contributed by atoms with Crippen LogP contribution in [0.25, 0.3) is 0 Å². The standard InChI is InChI=1S/C8H17O2/c1-5-9-7-8(3,4)10-6-2/h6H,5,7H2,1-4H3. The number of ether oxygens (including phenoxy) is 2. The summed E-state index contributed by atoms with van der Waals surface area (Å²) < 4.78 is 10.5. The van der Waals surface area contributed by atoms with Gasteiger partial charge in [0, 0.05) is 6.61 Å². The first-order chi connectivity index (χ1) is 4.62. The predicted molar refractivity (Wildman–Crippen MR) is 41.6 cm³/mol. The van der Waals surface area contributed by atoms with E-state index in [0.29, 0.717) is 6.61 Å². The summed E-state index contributed by atoms with van der Waals surface area (Å²) in [5.74, 6) is 0. The molecule has 0 aliphatic carbocycles. The molecule has 0 spiro atoms. The van der Waals surface area contributed by atoms with Crippen molar-refractivity contribution in [1.29, 1.82) is 0 Å². The van der Waals surface area contributed by atoms with Crippen LogP contribution >= 0.6 is 0 Å². The van der Waals surface area contributed by atoms with Gasteiger partial charge in [0.05, 0.1) is 18.8 Å². The Labute approximate surface area is 63.5 Å². The van der Waals surface area contributed by atoms with E-state index < -0.39 is 0 Å². The largest absolute Gasteiger partial charge is 0.379 e. The Morgan fingerprint density at radius 2 is 2.00 bits per heavy atom. The number of hydrogen-bond acceptors (Lipinski definition) is 2. The fraction of sp³-hybridized carbons (Fsp3) is 0.875. The van der Waals surface area contributed by atoms with E-state index in [1.54, 1.807) is 6.61 Å². The van der Waals surface area contributed by atoms with Gasteiger partial charge in [-0.15, -0.1) is 0 Å². The minimum Gasteiger partial charge on any atom is -0.379 e. The molecule has 61 valence electrons. The highest BCUT2D eigenvalue weighted by Crippen LogP contribution is 2.10. The Morgan fingerprint density at radius 3 is 2.40 bits per heavy atom. The molecule has 0 saturated heterocycles. The van der Waals surface area contributed by atoms with Gasteiger partial charge in [-0.05, 0) is 27.7 Å². The Balaban J connectivity index is 3.42. The molecule has 0 bridgehead atoms. The first kappa shape index (κ1) is 9.92. The summed E-state index contributed by atoms with van der Waals surface area (Å²) in [6.45, 7) is 10.9.